The number of hydrogen-bond acceptors (Lipinski definition) is 4. The fourth-order valence-corrected chi connectivity index (χ4v) is 2.05. The fourth-order valence-electron chi connectivity index (χ4n) is 2.05. The van der Waals surface area contributed by atoms with Crippen molar-refractivity contribution in [2.75, 3.05) is 0 Å². The van der Waals surface area contributed by atoms with Crippen LogP contribution in [-0.4, -0.2) is 14.8 Å². The lowest BCUT2D eigenvalue weighted by Gasteiger charge is -2.11. The molecule has 0 spiro atoms. The number of nitrogens with zero attached hydrogens (tertiary/aromatic N) is 3. The maximum absolute atomic E-state index is 5.88. The van der Waals surface area contributed by atoms with Crippen molar-refractivity contribution in [3.63, 3.8) is 0 Å². The molecule has 20 heavy (non-hydrogen) atoms. The van der Waals surface area contributed by atoms with Crippen LogP contribution in [0.2, 0.25) is 0 Å². The highest BCUT2D eigenvalue weighted by atomic mass is 16.5. The van der Waals surface area contributed by atoms with Crippen LogP contribution in [0.3, 0.4) is 0 Å². The number of hydrogen-bond donors (Lipinski definition) is 1. The molecule has 0 bridgehead atoms. The Morgan fingerprint density at radius 1 is 1.25 bits per heavy atom. The molecule has 2 rings (SSSR count). The second-order valence-corrected chi connectivity index (χ2v) is 5.20. The van der Waals surface area contributed by atoms with Crippen molar-refractivity contribution in [1.82, 2.24) is 14.8 Å². The molecule has 1 aromatic carbocycles. The summed E-state index contributed by atoms with van der Waals surface area (Å²) in [6, 6.07) is 8.36. The number of aromatic nitrogens is 3. The van der Waals surface area contributed by atoms with Crippen LogP contribution >= 0.6 is 0 Å². The Bertz CT molecular complexity index is 575. The Labute approximate surface area is 119 Å². The van der Waals surface area contributed by atoms with Crippen molar-refractivity contribution in [1.29, 1.82) is 0 Å². The molecule has 0 unspecified atom stereocenters. The van der Waals surface area contributed by atoms with E-state index in [0.717, 1.165) is 18.1 Å². The Kier molecular flexibility index (Phi) is 4.39. The Morgan fingerprint density at radius 2 is 2.00 bits per heavy atom. The van der Waals surface area contributed by atoms with E-state index in [1.165, 1.54) is 5.56 Å². The molecule has 0 aliphatic rings. The van der Waals surface area contributed by atoms with Crippen molar-refractivity contribution in [2.45, 2.75) is 46.2 Å². The fraction of sp³-hybridized carbons (Fsp3) is 0.467. The van der Waals surface area contributed by atoms with Gasteiger partial charge in [0.25, 0.3) is 0 Å². The Hall–Kier alpha value is -1.88. The van der Waals surface area contributed by atoms with E-state index in [4.69, 9.17) is 10.5 Å². The minimum atomic E-state index is -0.165. The predicted octanol–water partition coefficient (Wildman–Crippen LogP) is 3.23. The van der Waals surface area contributed by atoms with E-state index < -0.39 is 0 Å². The van der Waals surface area contributed by atoms with Gasteiger partial charge in [-0.15, -0.1) is 5.10 Å². The summed E-state index contributed by atoms with van der Waals surface area (Å²) in [5.41, 5.74) is 7.12. The highest BCUT2D eigenvalue weighted by Gasteiger charge is 2.15. The van der Waals surface area contributed by atoms with Crippen molar-refractivity contribution in [2.24, 2.45) is 5.73 Å². The number of nitrogens with two attached hydrogens (primary N) is 1. The monoisotopic (exact) mass is 274 g/mol. The number of benzene rings is 1. The average molecular weight is 274 g/mol. The molecule has 2 aromatic rings. The molecule has 2 N–H and O–H groups in total. The van der Waals surface area contributed by atoms with Crippen LogP contribution in [0, 0.1) is 0 Å². The maximum atomic E-state index is 5.88. The van der Waals surface area contributed by atoms with Crippen LogP contribution < -0.4 is 10.5 Å². The van der Waals surface area contributed by atoms with Crippen LogP contribution in [0.15, 0.2) is 24.3 Å². The van der Waals surface area contributed by atoms with Gasteiger partial charge in [-0.25, -0.2) is 0 Å². The molecule has 0 saturated carbocycles. The first-order chi connectivity index (χ1) is 9.52. The summed E-state index contributed by atoms with van der Waals surface area (Å²) in [4.78, 5) is 0. The molecule has 108 valence electrons. The summed E-state index contributed by atoms with van der Waals surface area (Å²) in [7, 11) is 0. The van der Waals surface area contributed by atoms with Gasteiger partial charge in [0.2, 0.25) is 0 Å². The lowest BCUT2D eigenvalue weighted by Crippen LogP contribution is -2.13. The van der Waals surface area contributed by atoms with Crippen molar-refractivity contribution in [3.05, 3.63) is 35.7 Å². The summed E-state index contributed by atoms with van der Waals surface area (Å²) >= 11 is 0. The average Bonchev–Trinajstić information content (AvgIpc) is 2.82. The van der Waals surface area contributed by atoms with E-state index in [1.54, 1.807) is 0 Å². The second kappa shape index (κ2) is 6.05. The minimum absolute atomic E-state index is 0.165. The Morgan fingerprint density at radius 3 is 2.60 bits per heavy atom. The zero-order valence-electron chi connectivity index (χ0n) is 12.5. The minimum Gasteiger partial charge on any atom is -0.424 e. The van der Waals surface area contributed by atoms with Crippen LogP contribution in [0.25, 0.3) is 0 Å². The zero-order valence-corrected chi connectivity index (χ0v) is 12.5. The molecule has 0 aliphatic carbocycles. The number of rotatable bonds is 5. The molecule has 0 aliphatic heterocycles. The van der Waals surface area contributed by atoms with Crippen molar-refractivity contribution in [3.8, 4) is 11.8 Å². The van der Waals surface area contributed by atoms with Gasteiger partial charge >= 0.3 is 6.01 Å². The molecule has 5 heteroatoms. The van der Waals surface area contributed by atoms with Gasteiger partial charge in [-0.3, -0.25) is 4.57 Å². The third-order valence-electron chi connectivity index (χ3n) is 3.20. The van der Waals surface area contributed by atoms with Gasteiger partial charge in [0, 0.05) is 6.54 Å². The van der Waals surface area contributed by atoms with Gasteiger partial charge in [0.05, 0.1) is 6.04 Å². The van der Waals surface area contributed by atoms with Gasteiger partial charge in [-0.1, -0.05) is 31.1 Å². The normalized spacial score (nSPS) is 12.7. The van der Waals surface area contributed by atoms with Gasteiger partial charge in [0.1, 0.15) is 5.75 Å². The molecule has 1 heterocycles. The molecule has 1 aromatic heterocycles. The molecule has 5 nitrogen and oxygen atoms in total. The molecule has 1 atom stereocenters. The largest absolute Gasteiger partial charge is 0.424 e. The summed E-state index contributed by atoms with van der Waals surface area (Å²) in [5, 5.41) is 8.19. The third kappa shape index (κ3) is 2.99. The summed E-state index contributed by atoms with van der Waals surface area (Å²) in [6.07, 6.45) is 0. The van der Waals surface area contributed by atoms with E-state index in [-0.39, 0.29) is 6.04 Å². The van der Waals surface area contributed by atoms with E-state index in [0.29, 0.717) is 11.9 Å². The lowest BCUT2D eigenvalue weighted by atomic mass is 10.0. The first-order valence-corrected chi connectivity index (χ1v) is 6.99. The molecule has 0 fully saturated rings. The van der Waals surface area contributed by atoms with E-state index in [1.807, 2.05) is 36.6 Å². The van der Waals surface area contributed by atoms with Crippen molar-refractivity contribution >= 4 is 0 Å². The molecule has 0 amide bonds. The number of ether oxygens (including phenoxy) is 1. The quantitative estimate of drug-likeness (QED) is 0.909. The highest BCUT2D eigenvalue weighted by molar-refractivity contribution is 5.32. The van der Waals surface area contributed by atoms with E-state index in [2.05, 4.69) is 30.1 Å². The summed E-state index contributed by atoms with van der Waals surface area (Å²) in [5.74, 6) is 1.97. The van der Waals surface area contributed by atoms with Gasteiger partial charge in [-0.05, 0) is 37.5 Å². The standard InChI is InChI=1S/C15H22N4O/c1-5-19-14(11(4)16)17-18-15(19)20-13-8-6-7-12(9-13)10(2)3/h6-11H,5,16H2,1-4H3/t11-/m1/s1. The Balaban J connectivity index is 2.28. The molecular formula is C15H22N4O. The highest BCUT2D eigenvalue weighted by Crippen LogP contribution is 2.25. The third-order valence-corrected chi connectivity index (χ3v) is 3.20. The van der Waals surface area contributed by atoms with Gasteiger partial charge < -0.3 is 10.5 Å². The lowest BCUT2D eigenvalue weighted by molar-refractivity contribution is 0.408. The van der Waals surface area contributed by atoms with E-state index in [9.17, 15) is 0 Å². The topological polar surface area (TPSA) is 66.0 Å². The smallest absolute Gasteiger partial charge is 0.322 e. The summed E-state index contributed by atoms with van der Waals surface area (Å²) in [6.45, 7) is 8.94. The molecule has 0 saturated heterocycles. The maximum Gasteiger partial charge on any atom is 0.322 e. The van der Waals surface area contributed by atoms with Crippen LogP contribution in [0.4, 0.5) is 0 Å². The summed E-state index contributed by atoms with van der Waals surface area (Å²) < 4.78 is 7.75. The van der Waals surface area contributed by atoms with Crippen LogP contribution in [0.5, 0.6) is 11.8 Å². The SMILES string of the molecule is CCn1c(Oc2cccc(C(C)C)c2)nnc1[C@@H](C)N. The van der Waals surface area contributed by atoms with Gasteiger partial charge in [0.15, 0.2) is 5.82 Å². The first-order valence-electron chi connectivity index (χ1n) is 6.99. The van der Waals surface area contributed by atoms with E-state index >= 15 is 0 Å². The molecular weight excluding hydrogens is 252 g/mol. The first kappa shape index (κ1) is 14.5. The predicted molar refractivity (Wildman–Crippen MR) is 78.9 cm³/mol. The van der Waals surface area contributed by atoms with Crippen LogP contribution in [0.1, 0.15) is 51.0 Å². The molecule has 0 radical (unpaired) electrons. The van der Waals surface area contributed by atoms with Crippen LogP contribution in [-0.2, 0) is 6.54 Å². The van der Waals surface area contributed by atoms with Crippen molar-refractivity contribution < 1.29 is 4.74 Å². The zero-order chi connectivity index (χ0) is 14.7. The van der Waals surface area contributed by atoms with Gasteiger partial charge in [-0.2, -0.15) is 0 Å². The second-order valence-electron chi connectivity index (χ2n) is 5.20.